The molecule has 2 aromatic carbocycles. The third kappa shape index (κ3) is 6.97. The summed E-state index contributed by atoms with van der Waals surface area (Å²) in [5.74, 6) is -0.707. The van der Waals surface area contributed by atoms with Crippen molar-refractivity contribution in [3.63, 3.8) is 0 Å². The molecule has 2 rings (SSSR count). The number of anilines is 2. The van der Waals surface area contributed by atoms with Crippen molar-refractivity contribution < 1.29 is 24.2 Å². The lowest BCUT2D eigenvalue weighted by Crippen LogP contribution is -2.39. The van der Waals surface area contributed by atoms with Gasteiger partial charge in [-0.15, -0.1) is 0 Å². The van der Waals surface area contributed by atoms with Gasteiger partial charge < -0.3 is 30.6 Å². The number of hydrogen-bond donors (Lipinski definition) is 4. The molecule has 35 heavy (non-hydrogen) atoms. The summed E-state index contributed by atoms with van der Waals surface area (Å²) < 4.78 is 5.62. The first kappa shape index (κ1) is 27.7. The van der Waals surface area contributed by atoms with Gasteiger partial charge in [0.25, 0.3) is 5.91 Å². The van der Waals surface area contributed by atoms with E-state index in [4.69, 9.17) is 15.9 Å². The molecule has 0 fully saturated rings. The first-order valence-corrected chi connectivity index (χ1v) is 11.4. The third-order valence-corrected chi connectivity index (χ3v) is 6.17. The zero-order valence-corrected chi connectivity index (χ0v) is 20.6. The SMILES string of the molecule is CCC(C)(C=O)c1cccc(N(C=O)CCO[C@@H](C)C(O)C(=O)Nc2ccc(C(=N)N)c(C)c2)c1. The average molecular weight is 483 g/mol. The van der Waals surface area contributed by atoms with Gasteiger partial charge in [-0.25, -0.2) is 0 Å². The number of carbonyl (C=O) groups is 3. The van der Waals surface area contributed by atoms with Crippen LogP contribution in [0.1, 0.15) is 43.9 Å². The van der Waals surface area contributed by atoms with Crippen LogP contribution in [0.4, 0.5) is 11.4 Å². The van der Waals surface area contributed by atoms with Gasteiger partial charge in [0.1, 0.15) is 12.1 Å². The Hall–Kier alpha value is -3.56. The van der Waals surface area contributed by atoms with E-state index in [0.29, 0.717) is 29.8 Å². The summed E-state index contributed by atoms with van der Waals surface area (Å²) in [5.41, 5.74) is 8.05. The summed E-state index contributed by atoms with van der Waals surface area (Å²) in [5, 5.41) is 20.5. The summed E-state index contributed by atoms with van der Waals surface area (Å²) in [6, 6.07) is 12.1. The molecule has 9 nitrogen and oxygen atoms in total. The van der Waals surface area contributed by atoms with Gasteiger partial charge in [-0.2, -0.15) is 0 Å². The van der Waals surface area contributed by atoms with E-state index in [1.807, 2.05) is 19.9 Å². The monoisotopic (exact) mass is 482 g/mol. The van der Waals surface area contributed by atoms with E-state index in [0.717, 1.165) is 17.4 Å². The molecule has 2 aromatic rings. The topological polar surface area (TPSA) is 146 Å². The van der Waals surface area contributed by atoms with E-state index < -0.39 is 23.5 Å². The molecule has 2 amide bonds. The largest absolute Gasteiger partial charge is 0.384 e. The zero-order chi connectivity index (χ0) is 26.2. The number of aldehydes is 1. The predicted octanol–water partition coefficient (Wildman–Crippen LogP) is 2.51. The van der Waals surface area contributed by atoms with Crippen LogP contribution in [0.25, 0.3) is 0 Å². The Morgan fingerprint density at radius 3 is 2.57 bits per heavy atom. The van der Waals surface area contributed by atoms with Crippen LogP contribution in [-0.4, -0.2) is 54.9 Å². The number of carbonyl (C=O) groups excluding carboxylic acids is 3. The number of hydrogen-bond acceptors (Lipinski definition) is 6. The lowest BCUT2D eigenvalue weighted by atomic mass is 9.81. The number of nitrogens with two attached hydrogens (primary N) is 1. The van der Waals surface area contributed by atoms with Gasteiger partial charge >= 0.3 is 0 Å². The molecular formula is C26H34N4O5. The molecule has 0 aromatic heterocycles. The maximum atomic E-state index is 12.4. The third-order valence-electron chi connectivity index (χ3n) is 6.17. The quantitative estimate of drug-likeness (QED) is 0.196. The van der Waals surface area contributed by atoms with E-state index in [1.54, 1.807) is 50.2 Å². The molecule has 0 heterocycles. The molecule has 0 aliphatic heterocycles. The highest BCUT2D eigenvalue weighted by atomic mass is 16.5. The molecular weight excluding hydrogens is 448 g/mol. The Morgan fingerprint density at radius 2 is 2.00 bits per heavy atom. The molecule has 188 valence electrons. The minimum absolute atomic E-state index is 0.0679. The van der Waals surface area contributed by atoms with Crippen LogP contribution >= 0.6 is 0 Å². The van der Waals surface area contributed by atoms with Crippen molar-refractivity contribution in [1.82, 2.24) is 0 Å². The average Bonchev–Trinajstić information content (AvgIpc) is 2.85. The molecule has 9 heteroatoms. The highest BCUT2D eigenvalue weighted by molar-refractivity contribution is 5.98. The Balaban J connectivity index is 1.95. The minimum Gasteiger partial charge on any atom is -0.384 e. The maximum absolute atomic E-state index is 12.4. The van der Waals surface area contributed by atoms with Crippen molar-refractivity contribution >= 4 is 35.8 Å². The fourth-order valence-corrected chi connectivity index (χ4v) is 3.54. The van der Waals surface area contributed by atoms with E-state index in [2.05, 4.69) is 5.32 Å². The smallest absolute Gasteiger partial charge is 0.255 e. The van der Waals surface area contributed by atoms with Crippen LogP contribution in [0.3, 0.4) is 0 Å². The van der Waals surface area contributed by atoms with Crippen LogP contribution in [0.5, 0.6) is 0 Å². The number of aliphatic hydroxyl groups excluding tert-OH is 1. The Bertz CT molecular complexity index is 1070. The zero-order valence-electron chi connectivity index (χ0n) is 20.6. The normalized spacial score (nSPS) is 14.3. The van der Waals surface area contributed by atoms with E-state index in [9.17, 15) is 19.5 Å². The number of benzene rings is 2. The molecule has 0 saturated heterocycles. The van der Waals surface area contributed by atoms with Crippen molar-refractivity contribution in [3.05, 3.63) is 59.2 Å². The van der Waals surface area contributed by atoms with Crippen LogP contribution in [0.2, 0.25) is 0 Å². The molecule has 5 N–H and O–H groups in total. The predicted molar refractivity (Wildman–Crippen MR) is 136 cm³/mol. The molecule has 0 saturated carbocycles. The fraction of sp³-hybridized carbons (Fsp3) is 0.385. The highest BCUT2D eigenvalue weighted by Crippen LogP contribution is 2.28. The summed E-state index contributed by atoms with van der Waals surface area (Å²) >= 11 is 0. The second kappa shape index (κ2) is 12.2. The number of nitrogens with one attached hydrogen (secondary N) is 2. The van der Waals surface area contributed by atoms with Gasteiger partial charge in [-0.3, -0.25) is 15.0 Å². The molecule has 0 aliphatic rings. The Morgan fingerprint density at radius 1 is 1.29 bits per heavy atom. The van der Waals surface area contributed by atoms with Crippen LogP contribution in [0.15, 0.2) is 42.5 Å². The molecule has 3 atom stereocenters. The minimum atomic E-state index is -1.44. The number of aryl methyl sites for hydroxylation is 1. The van der Waals surface area contributed by atoms with Crippen LogP contribution in [-0.2, 0) is 24.5 Å². The van der Waals surface area contributed by atoms with Gasteiger partial charge in [-0.1, -0.05) is 19.1 Å². The van der Waals surface area contributed by atoms with Crippen molar-refractivity contribution in [3.8, 4) is 0 Å². The molecule has 2 unspecified atom stereocenters. The molecule has 0 bridgehead atoms. The number of amides is 2. The summed E-state index contributed by atoms with van der Waals surface area (Å²) in [6.45, 7) is 7.39. The van der Waals surface area contributed by atoms with E-state index in [-0.39, 0.29) is 19.0 Å². The first-order valence-electron chi connectivity index (χ1n) is 11.4. The Labute approximate surface area is 205 Å². The number of ether oxygens (including phenoxy) is 1. The van der Waals surface area contributed by atoms with Gasteiger partial charge in [0, 0.05) is 28.9 Å². The molecule has 0 aliphatic carbocycles. The van der Waals surface area contributed by atoms with Crippen molar-refractivity contribution in [2.24, 2.45) is 5.73 Å². The van der Waals surface area contributed by atoms with Crippen molar-refractivity contribution in [1.29, 1.82) is 5.41 Å². The highest BCUT2D eigenvalue weighted by Gasteiger charge is 2.25. The van der Waals surface area contributed by atoms with E-state index in [1.165, 1.54) is 4.90 Å². The summed E-state index contributed by atoms with van der Waals surface area (Å²) in [7, 11) is 0. The first-order chi connectivity index (χ1) is 16.6. The van der Waals surface area contributed by atoms with E-state index >= 15 is 0 Å². The fourth-order valence-electron chi connectivity index (χ4n) is 3.54. The summed E-state index contributed by atoms with van der Waals surface area (Å²) in [4.78, 5) is 37.2. The summed E-state index contributed by atoms with van der Waals surface area (Å²) in [6.07, 6.45) is -0.0529. The van der Waals surface area contributed by atoms with Crippen molar-refractivity contribution in [2.45, 2.75) is 51.7 Å². The van der Waals surface area contributed by atoms with Gasteiger partial charge in [0.15, 0.2) is 6.10 Å². The number of rotatable bonds is 13. The van der Waals surface area contributed by atoms with Crippen LogP contribution in [0, 0.1) is 12.3 Å². The number of aliphatic hydroxyl groups is 1. The number of nitrogen functional groups attached to an aromatic ring is 1. The molecule has 0 radical (unpaired) electrons. The lowest BCUT2D eigenvalue weighted by molar-refractivity contribution is -0.131. The second-order valence-electron chi connectivity index (χ2n) is 8.69. The number of nitrogens with zero attached hydrogens (tertiary/aromatic N) is 1. The Kier molecular flexibility index (Phi) is 9.68. The lowest BCUT2D eigenvalue weighted by Gasteiger charge is -2.25. The van der Waals surface area contributed by atoms with Crippen LogP contribution < -0.4 is 16.0 Å². The van der Waals surface area contributed by atoms with Gasteiger partial charge in [0.05, 0.1) is 12.7 Å². The molecule has 0 spiro atoms. The second-order valence-corrected chi connectivity index (χ2v) is 8.69. The van der Waals surface area contributed by atoms with Gasteiger partial charge in [-0.05, 0) is 68.7 Å². The maximum Gasteiger partial charge on any atom is 0.255 e. The number of amidine groups is 1. The van der Waals surface area contributed by atoms with Crippen molar-refractivity contribution in [2.75, 3.05) is 23.4 Å². The van der Waals surface area contributed by atoms with Gasteiger partial charge in [0.2, 0.25) is 6.41 Å². The standard InChI is InChI=1S/C26H34N4O5/c1-5-26(4,15-31)19-7-6-8-21(14-19)30(16-32)11-12-35-18(3)23(33)25(34)29-20-9-10-22(24(27)28)17(2)13-20/h6-10,13-16,18,23,33H,5,11-12H2,1-4H3,(H3,27,28)(H,29,34)/t18-,23?,26?/m0/s1.